The molecule has 0 aromatic carbocycles. The number of aromatic nitrogens is 1. The van der Waals surface area contributed by atoms with Crippen LogP contribution in [0.3, 0.4) is 0 Å². The smallest absolute Gasteiger partial charge is 0.171 e. The first-order valence-electron chi connectivity index (χ1n) is 6.72. The minimum absolute atomic E-state index is 0.365. The third-order valence-electron chi connectivity index (χ3n) is 3.91. The van der Waals surface area contributed by atoms with Gasteiger partial charge in [-0.1, -0.05) is 0 Å². The van der Waals surface area contributed by atoms with E-state index >= 15 is 0 Å². The Bertz CT molecular complexity index is 523. The van der Waals surface area contributed by atoms with Gasteiger partial charge in [0.25, 0.3) is 0 Å². The van der Waals surface area contributed by atoms with Gasteiger partial charge < -0.3 is 9.64 Å². The fourth-order valence-corrected chi connectivity index (χ4v) is 2.78. The first kappa shape index (κ1) is 12.2. The van der Waals surface area contributed by atoms with Crippen molar-refractivity contribution in [3.05, 3.63) is 17.8 Å². The molecule has 0 N–H and O–H groups in total. The van der Waals surface area contributed by atoms with Gasteiger partial charge in [-0.3, -0.25) is 4.90 Å². The number of rotatable bonds is 1. The summed E-state index contributed by atoms with van der Waals surface area (Å²) in [6, 6.07) is 4.82. The summed E-state index contributed by atoms with van der Waals surface area (Å²) < 4.78 is 5.78. The molecule has 0 amide bonds. The Labute approximate surface area is 113 Å². The van der Waals surface area contributed by atoms with E-state index in [1.165, 1.54) is 0 Å². The monoisotopic (exact) mass is 258 g/mol. The first-order valence-corrected chi connectivity index (χ1v) is 6.72. The predicted molar refractivity (Wildman–Crippen MR) is 72.3 cm³/mol. The number of hydrogen-bond donors (Lipinski definition) is 0. The van der Waals surface area contributed by atoms with Crippen molar-refractivity contribution < 1.29 is 4.74 Å². The molecule has 3 heterocycles. The lowest BCUT2D eigenvalue weighted by atomic mass is 10.1. The minimum atomic E-state index is 0.365. The third kappa shape index (κ3) is 2.13. The molecule has 5 nitrogen and oxygen atoms in total. The Morgan fingerprint density at radius 1 is 1.47 bits per heavy atom. The maximum atomic E-state index is 8.90. The van der Waals surface area contributed by atoms with Crippen molar-refractivity contribution in [3.63, 3.8) is 0 Å². The molecule has 100 valence electrons. The number of hydrogen-bond acceptors (Lipinski definition) is 5. The maximum Gasteiger partial charge on any atom is 0.171 e. The normalized spacial score (nSPS) is 22.4. The molecule has 1 fully saturated rings. The second-order valence-corrected chi connectivity index (χ2v) is 5.40. The molecule has 0 aliphatic carbocycles. The third-order valence-corrected chi connectivity index (χ3v) is 3.91. The lowest BCUT2D eigenvalue weighted by Crippen LogP contribution is -2.58. The van der Waals surface area contributed by atoms with Gasteiger partial charge in [-0.2, -0.15) is 5.26 Å². The molecule has 0 unspecified atom stereocenters. The van der Waals surface area contributed by atoms with Gasteiger partial charge in [0.05, 0.1) is 11.6 Å². The van der Waals surface area contributed by atoms with E-state index in [4.69, 9.17) is 10.00 Å². The fourth-order valence-electron chi connectivity index (χ4n) is 2.78. The second kappa shape index (κ2) is 4.71. The van der Waals surface area contributed by atoms with Crippen LogP contribution in [0.15, 0.2) is 12.3 Å². The predicted octanol–water partition coefficient (Wildman–Crippen LogP) is 1.24. The van der Waals surface area contributed by atoms with Gasteiger partial charge in [-0.15, -0.1) is 0 Å². The van der Waals surface area contributed by atoms with Crippen molar-refractivity contribution in [2.75, 3.05) is 31.1 Å². The number of nitriles is 1. The summed E-state index contributed by atoms with van der Waals surface area (Å²) in [5, 5.41) is 8.90. The molecule has 0 radical (unpaired) electrons. The summed E-state index contributed by atoms with van der Waals surface area (Å²) >= 11 is 0. The van der Waals surface area contributed by atoms with E-state index in [9.17, 15) is 0 Å². The van der Waals surface area contributed by atoms with Crippen molar-refractivity contribution in [2.45, 2.75) is 25.9 Å². The molecular formula is C14H18N4O. The van der Waals surface area contributed by atoms with Crippen LogP contribution in [-0.4, -0.2) is 48.2 Å². The van der Waals surface area contributed by atoms with Crippen LogP contribution in [0.4, 0.5) is 5.82 Å². The highest BCUT2D eigenvalue weighted by molar-refractivity contribution is 5.57. The van der Waals surface area contributed by atoms with Gasteiger partial charge in [0.2, 0.25) is 0 Å². The number of anilines is 1. The van der Waals surface area contributed by atoms with Crippen molar-refractivity contribution in [1.29, 1.82) is 5.26 Å². The van der Waals surface area contributed by atoms with E-state index in [1.807, 2.05) is 0 Å². The summed E-state index contributed by atoms with van der Waals surface area (Å²) in [5.74, 6) is 1.63. The van der Waals surface area contributed by atoms with Crippen LogP contribution in [0.25, 0.3) is 0 Å². The molecule has 1 aromatic rings. The number of piperazine rings is 1. The summed E-state index contributed by atoms with van der Waals surface area (Å²) in [7, 11) is 0. The highest BCUT2D eigenvalue weighted by Gasteiger charge is 2.34. The van der Waals surface area contributed by atoms with Gasteiger partial charge >= 0.3 is 0 Å². The summed E-state index contributed by atoms with van der Waals surface area (Å²) in [6.07, 6.45) is 1.62. The molecule has 0 spiro atoms. The van der Waals surface area contributed by atoms with Crippen LogP contribution in [0.1, 0.15) is 19.4 Å². The van der Waals surface area contributed by atoms with E-state index in [-0.39, 0.29) is 0 Å². The first-order chi connectivity index (χ1) is 9.19. The SMILES string of the molecule is CC(C)N1CCN2c3ncc(C#N)cc3OC[C@@H]2C1. The van der Waals surface area contributed by atoms with Crippen molar-refractivity contribution in [1.82, 2.24) is 9.88 Å². The lowest BCUT2D eigenvalue weighted by Gasteiger charge is -2.46. The molecule has 2 aliphatic heterocycles. The molecule has 0 bridgehead atoms. The molecule has 1 aromatic heterocycles. The van der Waals surface area contributed by atoms with Crippen LogP contribution in [-0.2, 0) is 0 Å². The van der Waals surface area contributed by atoms with E-state index in [1.54, 1.807) is 12.3 Å². The highest BCUT2D eigenvalue weighted by atomic mass is 16.5. The molecular weight excluding hydrogens is 240 g/mol. The number of fused-ring (bicyclic) bond motifs is 3. The van der Waals surface area contributed by atoms with Crippen LogP contribution in [0.2, 0.25) is 0 Å². The molecule has 1 atom stereocenters. The van der Waals surface area contributed by atoms with Gasteiger partial charge in [0, 0.05) is 37.9 Å². The Kier molecular flexibility index (Phi) is 3.03. The zero-order valence-electron chi connectivity index (χ0n) is 11.3. The van der Waals surface area contributed by atoms with Gasteiger partial charge in [-0.25, -0.2) is 4.98 Å². The van der Waals surface area contributed by atoms with Gasteiger partial charge in [0.15, 0.2) is 11.6 Å². The van der Waals surface area contributed by atoms with Gasteiger partial charge in [0.1, 0.15) is 12.7 Å². The van der Waals surface area contributed by atoms with Crippen molar-refractivity contribution >= 4 is 5.82 Å². The quantitative estimate of drug-likeness (QED) is 0.758. The zero-order valence-corrected chi connectivity index (χ0v) is 11.3. The van der Waals surface area contributed by atoms with Crippen molar-refractivity contribution in [3.8, 4) is 11.8 Å². The number of nitrogens with zero attached hydrogens (tertiary/aromatic N) is 4. The number of pyridine rings is 1. The van der Waals surface area contributed by atoms with Crippen molar-refractivity contribution in [2.24, 2.45) is 0 Å². The molecule has 3 rings (SSSR count). The highest BCUT2D eigenvalue weighted by Crippen LogP contribution is 2.33. The Hall–Kier alpha value is -1.80. The van der Waals surface area contributed by atoms with E-state index in [2.05, 4.69) is 34.7 Å². The molecule has 0 saturated carbocycles. The second-order valence-electron chi connectivity index (χ2n) is 5.40. The minimum Gasteiger partial charge on any atom is -0.487 e. The Morgan fingerprint density at radius 2 is 2.32 bits per heavy atom. The largest absolute Gasteiger partial charge is 0.487 e. The van der Waals surface area contributed by atoms with Crippen LogP contribution < -0.4 is 9.64 Å². The van der Waals surface area contributed by atoms with Crippen LogP contribution >= 0.6 is 0 Å². The maximum absolute atomic E-state index is 8.90. The van der Waals surface area contributed by atoms with E-state index in [0.29, 0.717) is 24.3 Å². The molecule has 19 heavy (non-hydrogen) atoms. The van der Waals surface area contributed by atoms with Gasteiger partial charge in [-0.05, 0) is 13.8 Å². The van der Waals surface area contributed by atoms with Crippen LogP contribution in [0.5, 0.6) is 5.75 Å². The zero-order chi connectivity index (χ0) is 13.4. The van der Waals surface area contributed by atoms with E-state index < -0.39 is 0 Å². The summed E-state index contributed by atoms with van der Waals surface area (Å²) in [5.41, 5.74) is 0.554. The average Bonchev–Trinajstić information content (AvgIpc) is 2.45. The standard InChI is InChI=1S/C14H18N4O/c1-10(2)17-3-4-18-12(8-17)9-19-13-5-11(6-15)7-16-14(13)18/h5,7,10,12H,3-4,8-9H2,1-2H3/t12-/m0/s1. The average molecular weight is 258 g/mol. The molecule has 5 heteroatoms. The fraction of sp³-hybridized carbons (Fsp3) is 0.571. The Morgan fingerprint density at radius 3 is 3.05 bits per heavy atom. The molecule has 1 saturated heterocycles. The number of ether oxygens (including phenoxy) is 1. The summed E-state index contributed by atoms with van der Waals surface area (Å²) in [4.78, 5) is 9.19. The van der Waals surface area contributed by atoms with E-state index in [0.717, 1.165) is 31.2 Å². The summed E-state index contributed by atoms with van der Waals surface area (Å²) in [6.45, 7) is 8.16. The topological polar surface area (TPSA) is 52.4 Å². The van der Waals surface area contributed by atoms with Crippen LogP contribution in [0, 0.1) is 11.3 Å². The molecule has 2 aliphatic rings. The lowest BCUT2D eigenvalue weighted by molar-refractivity contribution is 0.140. The Balaban J connectivity index is 1.85.